The van der Waals surface area contributed by atoms with E-state index in [9.17, 15) is 0 Å². The molecule has 72 valence electrons. The number of hydrogen-bond donors (Lipinski definition) is 0. The van der Waals surface area contributed by atoms with Gasteiger partial charge in [-0.1, -0.05) is 18.7 Å². The van der Waals surface area contributed by atoms with Crippen LogP contribution >= 0.6 is 23.3 Å². The topological polar surface area (TPSA) is 38.3 Å². The van der Waals surface area contributed by atoms with Crippen molar-refractivity contribution in [1.82, 2.24) is 9.36 Å². The lowest BCUT2D eigenvalue weighted by molar-refractivity contribution is 0.348. The third-order valence-electron chi connectivity index (χ3n) is 1.90. The van der Waals surface area contributed by atoms with Crippen LogP contribution in [0.3, 0.4) is 0 Å². The van der Waals surface area contributed by atoms with E-state index in [4.69, 9.17) is 4.74 Å². The van der Waals surface area contributed by atoms with Crippen LogP contribution in [0.1, 0.15) is 19.7 Å². The van der Waals surface area contributed by atoms with Crippen molar-refractivity contribution in [1.29, 1.82) is 0 Å². The molecule has 13 heavy (non-hydrogen) atoms. The highest BCUT2D eigenvalue weighted by Crippen LogP contribution is 2.33. The highest BCUT2D eigenvalue weighted by Gasteiger charge is 2.39. The van der Waals surface area contributed by atoms with Gasteiger partial charge >= 0.3 is 0 Å². The zero-order valence-corrected chi connectivity index (χ0v) is 9.37. The summed E-state index contributed by atoms with van der Waals surface area (Å²) < 4.78 is 10.6. The number of epoxide rings is 1. The first kappa shape index (κ1) is 9.43. The summed E-state index contributed by atoms with van der Waals surface area (Å²) in [6.45, 7) is 5.09. The summed E-state index contributed by atoms with van der Waals surface area (Å²) in [4.78, 5) is 4.37. The Morgan fingerprint density at radius 1 is 1.69 bits per heavy atom. The lowest BCUT2D eigenvalue weighted by Crippen LogP contribution is -2.07. The van der Waals surface area contributed by atoms with E-state index in [0.29, 0.717) is 0 Å². The molecule has 3 nitrogen and oxygen atoms in total. The fourth-order valence-corrected chi connectivity index (χ4v) is 2.63. The summed E-state index contributed by atoms with van der Waals surface area (Å²) in [5.41, 5.74) is 0.114. The SMILES string of the molecule is CCc1nsc(SCC2(C)CO2)n1. The van der Waals surface area contributed by atoms with Crippen LogP contribution in [0.2, 0.25) is 0 Å². The van der Waals surface area contributed by atoms with Crippen molar-refractivity contribution in [3.63, 3.8) is 0 Å². The van der Waals surface area contributed by atoms with E-state index in [2.05, 4.69) is 23.2 Å². The van der Waals surface area contributed by atoms with Crippen molar-refractivity contribution in [2.75, 3.05) is 12.4 Å². The van der Waals surface area contributed by atoms with E-state index in [1.54, 1.807) is 11.8 Å². The van der Waals surface area contributed by atoms with Crippen LogP contribution in [0, 0.1) is 0 Å². The van der Waals surface area contributed by atoms with E-state index in [0.717, 1.165) is 28.9 Å². The van der Waals surface area contributed by atoms with Crippen LogP contribution in [0.25, 0.3) is 0 Å². The van der Waals surface area contributed by atoms with Crippen molar-refractivity contribution in [2.45, 2.75) is 30.2 Å². The van der Waals surface area contributed by atoms with Crippen molar-refractivity contribution in [3.05, 3.63) is 5.82 Å². The average Bonchev–Trinajstić information content (AvgIpc) is 2.69. The molecule has 1 atom stereocenters. The Bertz CT molecular complexity index is 296. The lowest BCUT2D eigenvalue weighted by Gasteiger charge is -1.99. The molecule has 2 rings (SSSR count). The molecule has 0 spiro atoms. The molecule has 1 aliphatic heterocycles. The Kier molecular flexibility index (Phi) is 2.58. The Labute approximate surface area is 86.1 Å². The van der Waals surface area contributed by atoms with Crippen molar-refractivity contribution in [2.24, 2.45) is 0 Å². The summed E-state index contributed by atoms with van der Waals surface area (Å²) in [5, 5.41) is 0. The smallest absolute Gasteiger partial charge is 0.170 e. The van der Waals surface area contributed by atoms with Gasteiger partial charge in [0.05, 0.1) is 12.2 Å². The van der Waals surface area contributed by atoms with Crippen LogP contribution < -0.4 is 0 Å². The van der Waals surface area contributed by atoms with Crippen molar-refractivity contribution in [3.8, 4) is 0 Å². The molecule has 2 heterocycles. The number of ether oxygens (including phenoxy) is 1. The first-order chi connectivity index (χ1) is 6.22. The monoisotopic (exact) mass is 216 g/mol. The standard InChI is InChI=1S/C8H12N2OS2/c1-3-6-9-7(13-10-6)12-5-8(2)4-11-8/h3-5H2,1-2H3. The van der Waals surface area contributed by atoms with E-state index in [1.165, 1.54) is 11.5 Å². The van der Waals surface area contributed by atoms with Crippen molar-refractivity contribution >= 4 is 23.3 Å². The Morgan fingerprint density at radius 3 is 3.00 bits per heavy atom. The van der Waals surface area contributed by atoms with Crippen molar-refractivity contribution < 1.29 is 4.74 Å². The second-order valence-corrected chi connectivity index (χ2v) is 5.33. The zero-order chi connectivity index (χ0) is 9.31. The Balaban J connectivity index is 1.87. The van der Waals surface area contributed by atoms with E-state index in [1.807, 2.05) is 0 Å². The highest BCUT2D eigenvalue weighted by atomic mass is 32.2. The van der Waals surface area contributed by atoms with Gasteiger partial charge in [0.15, 0.2) is 4.34 Å². The second kappa shape index (κ2) is 3.55. The van der Waals surface area contributed by atoms with E-state index < -0.39 is 0 Å². The van der Waals surface area contributed by atoms with Gasteiger partial charge in [-0.05, 0) is 18.5 Å². The van der Waals surface area contributed by atoms with Gasteiger partial charge in [0.1, 0.15) is 5.82 Å². The maximum atomic E-state index is 5.29. The summed E-state index contributed by atoms with van der Waals surface area (Å²) in [6.07, 6.45) is 0.921. The van der Waals surface area contributed by atoms with Crippen LogP contribution in [0.4, 0.5) is 0 Å². The number of thioether (sulfide) groups is 1. The maximum Gasteiger partial charge on any atom is 0.170 e. The minimum absolute atomic E-state index is 0.114. The lowest BCUT2D eigenvalue weighted by atomic mass is 10.3. The average molecular weight is 216 g/mol. The molecule has 0 N–H and O–H groups in total. The molecule has 5 heteroatoms. The number of rotatable bonds is 4. The molecular formula is C8H12N2OS2. The third-order valence-corrected chi connectivity index (χ3v) is 4.12. The molecule has 0 aliphatic carbocycles. The number of aryl methyl sites for hydroxylation is 1. The summed E-state index contributed by atoms with van der Waals surface area (Å²) in [6, 6.07) is 0. The third kappa shape index (κ3) is 2.42. The van der Waals surface area contributed by atoms with Crippen LogP contribution in [-0.2, 0) is 11.2 Å². The van der Waals surface area contributed by atoms with Gasteiger partial charge in [0.2, 0.25) is 0 Å². The quantitative estimate of drug-likeness (QED) is 0.570. The fraction of sp³-hybridized carbons (Fsp3) is 0.750. The minimum Gasteiger partial charge on any atom is -0.369 e. The molecular weight excluding hydrogens is 204 g/mol. The summed E-state index contributed by atoms with van der Waals surface area (Å²) >= 11 is 3.23. The zero-order valence-electron chi connectivity index (χ0n) is 7.74. The molecule has 0 amide bonds. The molecule has 1 aliphatic rings. The Hall–Kier alpha value is -0.130. The predicted molar refractivity (Wildman–Crippen MR) is 54.4 cm³/mol. The molecule has 1 fully saturated rings. The number of hydrogen-bond acceptors (Lipinski definition) is 5. The highest BCUT2D eigenvalue weighted by molar-refractivity contribution is 8.01. The van der Waals surface area contributed by atoms with Gasteiger partial charge < -0.3 is 4.74 Å². The predicted octanol–water partition coefficient (Wildman–Crippen LogP) is 1.98. The maximum absolute atomic E-state index is 5.29. The van der Waals surface area contributed by atoms with Crippen LogP contribution in [0.5, 0.6) is 0 Å². The molecule has 0 aromatic carbocycles. The van der Waals surface area contributed by atoms with Gasteiger partial charge in [-0.15, -0.1) is 0 Å². The number of aromatic nitrogens is 2. The van der Waals surface area contributed by atoms with Gasteiger partial charge in [0.25, 0.3) is 0 Å². The molecule has 1 unspecified atom stereocenters. The van der Waals surface area contributed by atoms with Gasteiger partial charge in [-0.2, -0.15) is 4.37 Å². The first-order valence-corrected chi connectivity index (χ1v) is 6.07. The second-order valence-electron chi connectivity index (χ2n) is 3.36. The van der Waals surface area contributed by atoms with Gasteiger partial charge in [0, 0.05) is 12.2 Å². The molecule has 1 aromatic heterocycles. The molecule has 1 saturated heterocycles. The molecule has 1 aromatic rings. The molecule has 0 radical (unpaired) electrons. The first-order valence-electron chi connectivity index (χ1n) is 4.31. The largest absolute Gasteiger partial charge is 0.369 e. The molecule has 0 bridgehead atoms. The summed E-state index contributed by atoms with van der Waals surface area (Å²) in [5.74, 6) is 1.94. The summed E-state index contributed by atoms with van der Waals surface area (Å²) in [7, 11) is 0. The normalized spacial score (nSPS) is 26.3. The van der Waals surface area contributed by atoms with E-state index >= 15 is 0 Å². The van der Waals surface area contributed by atoms with Crippen LogP contribution in [0.15, 0.2) is 4.34 Å². The molecule has 0 saturated carbocycles. The van der Waals surface area contributed by atoms with Gasteiger partial charge in [-0.25, -0.2) is 4.98 Å². The van der Waals surface area contributed by atoms with E-state index in [-0.39, 0.29) is 5.60 Å². The fourth-order valence-electron chi connectivity index (χ4n) is 0.861. The number of nitrogens with zero attached hydrogens (tertiary/aromatic N) is 2. The van der Waals surface area contributed by atoms with Crippen LogP contribution in [-0.4, -0.2) is 27.3 Å². The minimum atomic E-state index is 0.114. The Morgan fingerprint density at radius 2 is 2.46 bits per heavy atom. The van der Waals surface area contributed by atoms with Gasteiger partial charge in [-0.3, -0.25) is 0 Å².